The number of nitrogens with two attached hydrogens (primary N) is 1. The molecule has 0 unspecified atom stereocenters. The van der Waals surface area contributed by atoms with Gasteiger partial charge in [-0.05, 0) is 31.5 Å². The van der Waals surface area contributed by atoms with Gasteiger partial charge >= 0.3 is 0 Å². The molecule has 0 bridgehead atoms. The number of hydrogen-bond acceptors (Lipinski definition) is 4. The number of nitrogens with zero attached hydrogens (tertiary/aromatic N) is 2. The number of aryl methyl sites for hydroxylation is 1. The first-order valence-electron chi connectivity index (χ1n) is 6.17. The Morgan fingerprint density at radius 3 is 2.50 bits per heavy atom. The zero-order valence-corrected chi connectivity index (χ0v) is 13.1. The largest absolute Gasteiger partial charge is 0.399 e. The van der Waals surface area contributed by atoms with Gasteiger partial charge in [-0.25, -0.2) is 4.98 Å². The number of benzene rings is 1. The van der Waals surface area contributed by atoms with Gasteiger partial charge in [0.15, 0.2) is 5.13 Å². The molecule has 0 aliphatic rings. The summed E-state index contributed by atoms with van der Waals surface area (Å²) < 4.78 is 0. The summed E-state index contributed by atoms with van der Waals surface area (Å²) in [6, 6.07) is 7.39. The van der Waals surface area contributed by atoms with Crippen LogP contribution in [0.15, 0.2) is 29.6 Å². The summed E-state index contributed by atoms with van der Waals surface area (Å²) in [6.45, 7) is 4.51. The van der Waals surface area contributed by atoms with Gasteiger partial charge in [-0.3, -0.25) is 9.69 Å². The Balaban J connectivity index is 0.00000200. The van der Waals surface area contributed by atoms with Crippen molar-refractivity contribution in [1.82, 2.24) is 4.98 Å². The van der Waals surface area contributed by atoms with Crippen molar-refractivity contribution in [2.75, 3.05) is 17.2 Å². The Kier molecular flexibility index (Phi) is 5.98. The summed E-state index contributed by atoms with van der Waals surface area (Å²) >= 11 is 1.50. The van der Waals surface area contributed by atoms with Crippen molar-refractivity contribution in [3.05, 3.63) is 40.9 Å². The van der Waals surface area contributed by atoms with E-state index in [4.69, 9.17) is 5.73 Å². The monoisotopic (exact) mass is 311 g/mol. The third kappa shape index (κ3) is 3.95. The second-order valence-electron chi connectivity index (χ2n) is 4.33. The number of hydrogen-bond donors (Lipinski definition) is 1. The highest BCUT2D eigenvalue weighted by Crippen LogP contribution is 2.21. The summed E-state index contributed by atoms with van der Waals surface area (Å²) in [7, 11) is 0. The second-order valence-corrected chi connectivity index (χ2v) is 5.16. The minimum Gasteiger partial charge on any atom is -0.399 e. The summed E-state index contributed by atoms with van der Waals surface area (Å²) in [5, 5.41) is 2.72. The summed E-state index contributed by atoms with van der Waals surface area (Å²) in [5.74, 6) is 0.0571. The molecule has 0 aliphatic heterocycles. The molecule has 0 radical (unpaired) electrons. The normalized spacial score (nSPS) is 9.90. The molecule has 1 aromatic heterocycles. The van der Waals surface area contributed by atoms with E-state index in [9.17, 15) is 4.79 Å². The van der Waals surface area contributed by atoms with Crippen LogP contribution in [0.5, 0.6) is 0 Å². The van der Waals surface area contributed by atoms with Crippen LogP contribution in [0.2, 0.25) is 0 Å². The van der Waals surface area contributed by atoms with Crippen LogP contribution in [0.3, 0.4) is 0 Å². The Bertz CT molecular complexity index is 568. The van der Waals surface area contributed by atoms with E-state index in [0.717, 1.165) is 16.4 Å². The number of halogens is 1. The first-order valence-corrected chi connectivity index (χ1v) is 7.05. The van der Waals surface area contributed by atoms with E-state index in [1.54, 1.807) is 4.90 Å². The van der Waals surface area contributed by atoms with Crippen LogP contribution >= 0.6 is 23.7 Å². The van der Waals surface area contributed by atoms with Crippen LogP contribution in [0, 0.1) is 6.92 Å². The Morgan fingerprint density at radius 2 is 2.00 bits per heavy atom. The van der Waals surface area contributed by atoms with Crippen molar-refractivity contribution in [2.24, 2.45) is 0 Å². The van der Waals surface area contributed by atoms with E-state index in [2.05, 4.69) is 4.98 Å². The highest BCUT2D eigenvalue weighted by atomic mass is 35.5. The van der Waals surface area contributed by atoms with E-state index in [1.807, 2.05) is 43.5 Å². The molecule has 1 heterocycles. The lowest BCUT2D eigenvalue weighted by Gasteiger charge is -2.17. The molecule has 0 spiro atoms. The Labute approximate surface area is 129 Å². The number of nitrogen functional groups attached to an aromatic ring is 1. The first kappa shape index (κ1) is 16.5. The third-order valence-corrected chi connectivity index (χ3v) is 3.77. The molecule has 0 atom stereocenters. The minimum absolute atomic E-state index is 0. The number of carbonyl (C=O) groups excluding carboxylic acids is 1. The molecule has 2 aromatic rings. The van der Waals surface area contributed by atoms with Gasteiger partial charge < -0.3 is 5.73 Å². The van der Waals surface area contributed by atoms with Crippen molar-refractivity contribution in [3.8, 4) is 0 Å². The van der Waals surface area contributed by atoms with Gasteiger partial charge in [0.1, 0.15) is 0 Å². The molecule has 108 valence electrons. The van der Waals surface area contributed by atoms with Gasteiger partial charge in [-0.15, -0.1) is 23.7 Å². The average molecular weight is 312 g/mol. The van der Waals surface area contributed by atoms with E-state index in [1.165, 1.54) is 11.3 Å². The fourth-order valence-corrected chi connectivity index (χ4v) is 2.67. The lowest BCUT2D eigenvalue weighted by Crippen LogP contribution is -2.31. The molecule has 1 amide bonds. The molecule has 0 aliphatic carbocycles. The number of carbonyl (C=O) groups is 1. The highest BCUT2D eigenvalue weighted by molar-refractivity contribution is 7.14. The standard InChI is InChI=1S/C14H17N3OS.ClH/c1-3-17(14-16-10(2)9-19-14)13(18)8-11-4-6-12(15)7-5-11;/h4-7,9H,3,8,15H2,1-2H3;1H. The number of aromatic nitrogens is 1. The highest BCUT2D eigenvalue weighted by Gasteiger charge is 2.17. The zero-order chi connectivity index (χ0) is 13.8. The number of likely N-dealkylation sites (N-methyl/N-ethyl adjacent to an activating group) is 1. The fourth-order valence-electron chi connectivity index (χ4n) is 1.79. The van der Waals surface area contributed by atoms with Crippen molar-refractivity contribution >= 4 is 40.5 Å². The van der Waals surface area contributed by atoms with Crippen molar-refractivity contribution in [3.63, 3.8) is 0 Å². The first-order chi connectivity index (χ1) is 9.10. The summed E-state index contributed by atoms with van der Waals surface area (Å²) in [6.07, 6.45) is 0.368. The molecule has 0 saturated carbocycles. The minimum atomic E-state index is 0. The Morgan fingerprint density at radius 1 is 1.35 bits per heavy atom. The molecular weight excluding hydrogens is 294 g/mol. The van der Waals surface area contributed by atoms with Crippen LogP contribution in [0.4, 0.5) is 10.8 Å². The van der Waals surface area contributed by atoms with Gasteiger partial charge in [0, 0.05) is 17.6 Å². The van der Waals surface area contributed by atoms with Crippen LogP contribution in [-0.4, -0.2) is 17.4 Å². The van der Waals surface area contributed by atoms with Crippen molar-refractivity contribution < 1.29 is 4.79 Å². The van der Waals surface area contributed by atoms with Gasteiger partial charge in [0.2, 0.25) is 5.91 Å². The maximum Gasteiger partial charge on any atom is 0.233 e. The summed E-state index contributed by atoms with van der Waals surface area (Å²) in [4.78, 5) is 18.4. The maximum absolute atomic E-state index is 12.3. The van der Waals surface area contributed by atoms with Crippen LogP contribution in [-0.2, 0) is 11.2 Å². The smallest absolute Gasteiger partial charge is 0.233 e. The van der Waals surface area contributed by atoms with Gasteiger partial charge in [0.25, 0.3) is 0 Å². The van der Waals surface area contributed by atoms with Crippen molar-refractivity contribution in [2.45, 2.75) is 20.3 Å². The molecule has 2 rings (SSSR count). The summed E-state index contributed by atoms with van der Waals surface area (Å²) in [5.41, 5.74) is 8.25. The SMILES string of the molecule is CCN(C(=O)Cc1ccc(N)cc1)c1nc(C)cs1.Cl. The molecule has 0 fully saturated rings. The van der Waals surface area contributed by atoms with Crippen LogP contribution < -0.4 is 10.6 Å². The number of amides is 1. The molecule has 6 heteroatoms. The lowest BCUT2D eigenvalue weighted by molar-refractivity contribution is -0.117. The molecule has 4 nitrogen and oxygen atoms in total. The van der Waals surface area contributed by atoms with E-state index in [0.29, 0.717) is 18.7 Å². The van der Waals surface area contributed by atoms with E-state index >= 15 is 0 Å². The number of anilines is 2. The number of rotatable bonds is 4. The predicted molar refractivity (Wildman–Crippen MR) is 86.7 cm³/mol. The average Bonchev–Trinajstić information content (AvgIpc) is 2.80. The Hall–Kier alpha value is -1.59. The van der Waals surface area contributed by atoms with Crippen molar-refractivity contribution in [1.29, 1.82) is 0 Å². The third-order valence-electron chi connectivity index (χ3n) is 2.79. The van der Waals surface area contributed by atoms with E-state index < -0.39 is 0 Å². The molecule has 2 N–H and O–H groups in total. The molecular formula is C14H18ClN3OS. The molecule has 1 aromatic carbocycles. The van der Waals surface area contributed by atoms with Gasteiger partial charge in [-0.1, -0.05) is 12.1 Å². The maximum atomic E-state index is 12.3. The second kappa shape index (κ2) is 7.26. The zero-order valence-electron chi connectivity index (χ0n) is 11.5. The quantitative estimate of drug-likeness (QED) is 0.883. The fraction of sp³-hybridized carbons (Fsp3) is 0.286. The molecule has 20 heavy (non-hydrogen) atoms. The van der Waals surface area contributed by atoms with Crippen LogP contribution in [0.1, 0.15) is 18.2 Å². The van der Waals surface area contributed by atoms with Gasteiger partial charge in [-0.2, -0.15) is 0 Å². The topological polar surface area (TPSA) is 59.2 Å². The lowest BCUT2D eigenvalue weighted by atomic mass is 10.1. The van der Waals surface area contributed by atoms with E-state index in [-0.39, 0.29) is 18.3 Å². The van der Waals surface area contributed by atoms with Gasteiger partial charge in [0.05, 0.1) is 12.1 Å². The predicted octanol–water partition coefficient (Wildman–Crippen LogP) is 3.05. The molecule has 0 saturated heterocycles. The van der Waals surface area contributed by atoms with Crippen LogP contribution in [0.25, 0.3) is 0 Å². The number of thiazole rings is 1.